The highest BCUT2D eigenvalue weighted by Gasteiger charge is 2.13. The lowest BCUT2D eigenvalue weighted by atomic mass is 10.1. The number of carbonyl (C=O) groups excluding carboxylic acids is 1. The lowest BCUT2D eigenvalue weighted by molar-refractivity contribution is -0.116. The smallest absolute Gasteiger partial charge is 0.244 e. The zero-order chi connectivity index (χ0) is 26.0. The van der Waals surface area contributed by atoms with Gasteiger partial charge in [0.05, 0.1) is 39.5 Å². The first-order chi connectivity index (χ1) is 18.1. The molecule has 0 fully saturated rings. The van der Waals surface area contributed by atoms with Crippen LogP contribution in [0.4, 0.5) is 5.82 Å². The fourth-order valence-electron chi connectivity index (χ4n) is 3.88. The molecule has 0 radical (unpaired) electrons. The summed E-state index contributed by atoms with van der Waals surface area (Å²) in [5.74, 6) is 2.04. The minimum absolute atomic E-state index is 0.233. The van der Waals surface area contributed by atoms with Crippen molar-refractivity contribution in [3.63, 3.8) is 0 Å². The summed E-state index contributed by atoms with van der Waals surface area (Å²) in [4.78, 5) is 21.1. The molecule has 0 saturated heterocycles. The van der Waals surface area contributed by atoms with E-state index < -0.39 is 0 Å². The summed E-state index contributed by atoms with van der Waals surface area (Å²) in [5.41, 5.74) is 2.71. The van der Waals surface area contributed by atoms with Crippen LogP contribution in [0.15, 0.2) is 61.1 Å². The second kappa shape index (κ2) is 12.4. The van der Waals surface area contributed by atoms with Crippen LogP contribution in [0.2, 0.25) is 0 Å². The molecule has 4 aromatic rings. The van der Waals surface area contributed by atoms with Crippen molar-refractivity contribution in [3.8, 4) is 17.2 Å². The van der Waals surface area contributed by atoms with Crippen LogP contribution in [0.3, 0.4) is 0 Å². The molecule has 10 heteroatoms. The molecular formula is C27H30N6O4. The molecule has 4 rings (SSSR count). The van der Waals surface area contributed by atoms with Crippen LogP contribution < -0.4 is 24.8 Å². The molecule has 0 spiro atoms. The van der Waals surface area contributed by atoms with E-state index in [1.54, 1.807) is 50.4 Å². The van der Waals surface area contributed by atoms with E-state index in [2.05, 4.69) is 37.8 Å². The Morgan fingerprint density at radius 3 is 2.46 bits per heavy atom. The summed E-state index contributed by atoms with van der Waals surface area (Å²) in [6.45, 7) is 1.60. The molecule has 2 heterocycles. The molecule has 2 aromatic carbocycles. The van der Waals surface area contributed by atoms with Gasteiger partial charge in [-0.2, -0.15) is 5.10 Å². The van der Waals surface area contributed by atoms with Gasteiger partial charge in [0.1, 0.15) is 12.1 Å². The second-order valence-electron chi connectivity index (χ2n) is 8.07. The molecule has 2 aromatic heterocycles. The number of hydrogen-bond acceptors (Lipinski definition) is 8. The van der Waals surface area contributed by atoms with E-state index in [9.17, 15) is 4.79 Å². The number of rotatable bonds is 12. The standard InChI is InChI=1S/C27H30N6O4/c1-35-22-15-20(16-23(36-2)25(22)37-3)9-10-24(34)28-13-14-33-27-21(17-32-33)26(30-18-31-27)29-12-11-19-7-5-4-6-8-19/h4-10,15-18H,11-14H2,1-3H3,(H,28,34)(H,29,30,31)/b10-9+. The summed E-state index contributed by atoms with van der Waals surface area (Å²) in [7, 11) is 4.64. The van der Waals surface area contributed by atoms with Gasteiger partial charge in [-0.1, -0.05) is 30.3 Å². The van der Waals surface area contributed by atoms with E-state index in [1.807, 2.05) is 18.2 Å². The Morgan fingerprint density at radius 2 is 1.76 bits per heavy atom. The Bertz CT molecular complexity index is 1350. The third-order valence-electron chi connectivity index (χ3n) is 5.72. The van der Waals surface area contributed by atoms with Gasteiger partial charge in [-0.3, -0.25) is 4.79 Å². The van der Waals surface area contributed by atoms with Gasteiger partial charge in [-0.15, -0.1) is 0 Å². The molecule has 0 aliphatic carbocycles. The fourth-order valence-corrected chi connectivity index (χ4v) is 3.88. The quantitative estimate of drug-likeness (QED) is 0.284. The SMILES string of the molecule is COc1cc(/C=C/C(=O)NCCn2ncc3c(NCCc4ccccc4)ncnc32)cc(OC)c1OC. The minimum atomic E-state index is -0.233. The van der Waals surface area contributed by atoms with Crippen molar-refractivity contribution in [2.75, 3.05) is 39.7 Å². The van der Waals surface area contributed by atoms with Crippen LogP contribution in [0.1, 0.15) is 11.1 Å². The molecule has 0 aliphatic heterocycles. The first kappa shape index (κ1) is 25.5. The highest BCUT2D eigenvalue weighted by atomic mass is 16.5. The van der Waals surface area contributed by atoms with Crippen molar-refractivity contribution in [2.24, 2.45) is 0 Å². The van der Waals surface area contributed by atoms with Gasteiger partial charge in [0.15, 0.2) is 17.1 Å². The van der Waals surface area contributed by atoms with Crippen molar-refractivity contribution in [1.82, 2.24) is 25.1 Å². The van der Waals surface area contributed by atoms with Crippen molar-refractivity contribution in [2.45, 2.75) is 13.0 Å². The summed E-state index contributed by atoms with van der Waals surface area (Å²) in [6.07, 6.45) is 7.29. The van der Waals surface area contributed by atoms with E-state index in [0.29, 0.717) is 36.0 Å². The number of methoxy groups -OCH3 is 3. The van der Waals surface area contributed by atoms with Crippen molar-refractivity contribution >= 4 is 28.8 Å². The Kier molecular flexibility index (Phi) is 8.53. The lowest BCUT2D eigenvalue weighted by Crippen LogP contribution is -2.25. The highest BCUT2D eigenvalue weighted by molar-refractivity contribution is 5.92. The Labute approximate surface area is 215 Å². The van der Waals surface area contributed by atoms with Crippen molar-refractivity contribution in [3.05, 3.63) is 72.2 Å². The number of ether oxygens (including phenoxy) is 3. The Morgan fingerprint density at radius 1 is 1.00 bits per heavy atom. The highest BCUT2D eigenvalue weighted by Crippen LogP contribution is 2.38. The van der Waals surface area contributed by atoms with E-state index in [-0.39, 0.29) is 5.91 Å². The Hall–Kier alpha value is -4.60. The van der Waals surface area contributed by atoms with Crippen molar-refractivity contribution in [1.29, 1.82) is 0 Å². The number of aromatic nitrogens is 4. The molecular weight excluding hydrogens is 472 g/mol. The topological polar surface area (TPSA) is 112 Å². The largest absolute Gasteiger partial charge is 0.493 e. The maximum Gasteiger partial charge on any atom is 0.244 e. The van der Waals surface area contributed by atoms with Gasteiger partial charge in [0, 0.05) is 19.2 Å². The molecule has 192 valence electrons. The fraction of sp³-hybridized carbons (Fsp3) is 0.259. The monoisotopic (exact) mass is 502 g/mol. The summed E-state index contributed by atoms with van der Waals surface area (Å²) >= 11 is 0. The minimum Gasteiger partial charge on any atom is -0.493 e. The number of nitrogens with one attached hydrogen (secondary N) is 2. The number of anilines is 1. The maximum absolute atomic E-state index is 12.4. The molecule has 10 nitrogen and oxygen atoms in total. The zero-order valence-corrected chi connectivity index (χ0v) is 21.1. The zero-order valence-electron chi connectivity index (χ0n) is 21.1. The average Bonchev–Trinajstić information content (AvgIpc) is 3.35. The summed E-state index contributed by atoms with van der Waals surface area (Å²) < 4.78 is 17.8. The normalized spacial score (nSPS) is 11.0. The molecule has 1 amide bonds. The summed E-state index contributed by atoms with van der Waals surface area (Å²) in [6, 6.07) is 13.8. The number of benzene rings is 2. The second-order valence-corrected chi connectivity index (χ2v) is 8.07. The number of carbonyl (C=O) groups is 1. The maximum atomic E-state index is 12.4. The average molecular weight is 503 g/mol. The molecule has 0 atom stereocenters. The predicted molar refractivity (Wildman–Crippen MR) is 142 cm³/mol. The van der Waals surface area contributed by atoms with Crippen LogP contribution >= 0.6 is 0 Å². The number of fused-ring (bicyclic) bond motifs is 1. The first-order valence-electron chi connectivity index (χ1n) is 11.8. The molecule has 0 aliphatic rings. The van der Waals surface area contributed by atoms with Crippen LogP contribution in [0.25, 0.3) is 17.1 Å². The molecule has 2 N–H and O–H groups in total. The molecule has 37 heavy (non-hydrogen) atoms. The van der Waals surface area contributed by atoms with Gasteiger partial charge in [-0.25, -0.2) is 14.6 Å². The van der Waals surface area contributed by atoms with E-state index in [1.165, 1.54) is 18.0 Å². The van der Waals surface area contributed by atoms with Crippen molar-refractivity contribution < 1.29 is 19.0 Å². The third kappa shape index (κ3) is 6.35. The number of amides is 1. The first-order valence-corrected chi connectivity index (χ1v) is 11.8. The lowest BCUT2D eigenvalue weighted by Gasteiger charge is -2.12. The Balaban J connectivity index is 1.32. The van der Waals surface area contributed by atoms with E-state index in [0.717, 1.165) is 29.7 Å². The third-order valence-corrected chi connectivity index (χ3v) is 5.72. The van der Waals surface area contributed by atoms with Gasteiger partial charge in [-0.05, 0) is 35.8 Å². The molecule has 0 unspecified atom stereocenters. The predicted octanol–water partition coefficient (Wildman–Crippen LogP) is 3.34. The molecule has 0 saturated carbocycles. The van der Waals surface area contributed by atoms with Crippen LogP contribution in [-0.4, -0.2) is 60.1 Å². The van der Waals surface area contributed by atoms with Crippen LogP contribution in [-0.2, 0) is 17.8 Å². The molecule has 0 bridgehead atoms. The van der Waals surface area contributed by atoms with Gasteiger partial charge >= 0.3 is 0 Å². The van der Waals surface area contributed by atoms with Crippen LogP contribution in [0.5, 0.6) is 17.2 Å². The van der Waals surface area contributed by atoms with Gasteiger partial charge in [0.2, 0.25) is 11.7 Å². The summed E-state index contributed by atoms with van der Waals surface area (Å²) in [5, 5.41) is 11.5. The van der Waals surface area contributed by atoms with Gasteiger partial charge in [0.25, 0.3) is 0 Å². The van der Waals surface area contributed by atoms with E-state index >= 15 is 0 Å². The van der Waals surface area contributed by atoms with Gasteiger partial charge < -0.3 is 24.8 Å². The number of nitrogens with zero attached hydrogens (tertiary/aromatic N) is 4. The van der Waals surface area contributed by atoms with E-state index in [4.69, 9.17) is 14.2 Å². The van der Waals surface area contributed by atoms with Crippen LogP contribution in [0, 0.1) is 0 Å². The number of hydrogen-bond donors (Lipinski definition) is 2.